The van der Waals surface area contributed by atoms with Crippen LogP contribution in [-0.4, -0.2) is 27.0 Å². The van der Waals surface area contributed by atoms with Crippen molar-refractivity contribution in [1.29, 1.82) is 0 Å². The van der Waals surface area contributed by atoms with Gasteiger partial charge in [-0.1, -0.05) is 0 Å². The van der Waals surface area contributed by atoms with Crippen LogP contribution in [0.15, 0.2) is 42.9 Å². The maximum Gasteiger partial charge on any atom is 0.363 e. The van der Waals surface area contributed by atoms with Gasteiger partial charge in [-0.2, -0.15) is 0 Å². The number of esters is 1. The van der Waals surface area contributed by atoms with Crippen molar-refractivity contribution in [3.05, 3.63) is 54.1 Å². The van der Waals surface area contributed by atoms with Crippen LogP contribution in [0.5, 0.6) is 5.75 Å². The molecular weight excluding hydrogens is 236 g/mol. The molecule has 0 saturated carbocycles. The monoisotopic (exact) mass is 244 g/mol. The van der Waals surface area contributed by atoms with Crippen molar-refractivity contribution >= 4 is 11.9 Å². The third kappa shape index (κ3) is 2.49. The van der Waals surface area contributed by atoms with E-state index in [-0.39, 0.29) is 17.0 Å². The number of pyridine rings is 2. The molecule has 0 saturated heterocycles. The first-order valence-electron chi connectivity index (χ1n) is 4.99. The molecule has 2 aromatic heterocycles. The van der Waals surface area contributed by atoms with E-state index in [0.717, 1.165) is 0 Å². The van der Waals surface area contributed by atoms with Crippen molar-refractivity contribution in [2.75, 3.05) is 0 Å². The van der Waals surface area contributed by atoms with Crippen LogP contribution in [0, 0.1) is 0 Å². The molecule has 0 spiro atoms. The first kappa shape index (κ1) is 11.7. The summed E-state index contributed by atoms with van der Waals surface area (Å²) >= 11 is 0. The number of aromatic carboxylic acids is 1. The molecule has 2 heterocycles. The number of carbonyl (C=O) groups excluding carboxylic acids is 1. The van der Waals surface area contributed by atoms with Crippen molar-refractivity contribution in [3.8, 4) is 5.75 Å². The summed E-state index contributed by atoms with van der Waals surface area (Å²) in [7, 11) is 0. The molecule has 6 heteroatoms. The van der Waals surface area contributed by atoms with Crippen LogP contribution < -0.4 is 4.74 Å². The Morgan fingerprint density at radius 1 is 1.17 bits per heavy atom. The number of hydrogen-bond donors (Lipinski definition) is 1. The number of rotatable bonds is 3. The Hall–Kier alpha value is -2.76. The van der Waals surface area contributed by atoms with Gasteiger partial charge in [-0.25, -0.2) is 14.6 Å². The molecule has 0 radical (unpaired) electrons. The van der Waals surface area contributed by atoms with Gasteiger partial charge in [0, 0.05) is 12.4 Å². The van der Waals surface area contributed by atoms with E-state index in [9.17, 15) is 9.59 Å². The van der Waals surface area contributed by atoms with Crippen molar-refractivity contribution in [2.24, 2.45) is 0 Å². The van der Waals surface area contributed by atoms with E-state index in [1.807, 2.05) is 0 Å². The largest absolute Gasteiger partial charge is 0.478 e. The van der Waals surface area contributed by atoms with Gasteiger partial charge in [0.25, 0.3) is 0 Å². The van der Waals surface area contributed by atoms with Crippen molar-refractivity contribution < 1.29 is 19.4 Å². The van der Waals surface area contributed by atoms with Gasteiger partial charge in [0.05, 0.1) is 11.8 Å². The van der Waals surface area contributed by atoms with E-state index in [1.165, 1.54) is 36.8 Å². The van der Waals surface area contributed by atoms with Gasteiger partial charge >= 0.3 is 11.9 Å². The summed E-state index contributed by atoms with van der Waals surface area (Å²) in [6.07, 6.45) is 4.20. The average Bonchev–Trinajstić information content (AvgIpc) is 2.40. The highest BCUT2D eigenvalue weighted by Crippen LogP contribution is 2.12. The minimum Gasteiger partial charge on any atom is -0.478 e. The standard InChI is InChI=1S/C12H8N2O4/c15-11(16)9-4-2-6-14-10(9)12(17)18-8-3-1-5-13-7-8/h1-7H,(H,15,16). The SMILES string of the molecule is O=C(O)c1cccnc1C(=O)Oc1cccnc1. The summed E-state index contributed by atoms with van der Waals surface area (Å²) in [5.41, 5.74) is -0.444. The van der Waals surface area contributed by atoms with Gasteiger partial charge in [-0.05, 0) is 24.3 Å². The van der Waals surface area contributed by atoms with Gasteiger partial charge < -0.3 is 9.84 Å². The Morgan fingerprint density at radius 2 is 1.94 bits per heavy atom. The highest BCUT2D eigenvalue weighted by molar-refractivity contribution is 6.01. The van der Waals surface area contributed by atoms with E-state index >= 15 is 0 Å². The maximum atomic E-state index is 11.8. The Labute approximate surface area is 102 Å². The van der Waals surface area contributed by atoms with Gasteiger partial charge in [0.15, 0.2) is 5.69 Å². The lowest BCUT2D eigenvalue weighted by molar-refractivity contribution is 0.0664. The molecule has 2 aromatic rings. The molecule has 0 aliphatic rings. The van der Waals surface area contributed by atoms with Crippen LogP contribution in [-0.2, 0) is 0 Å². The predicted octanol–water partition coefficient (Wildman–Crippen LogP) is 1.39. The normalized spacial score (nSPS) is 9.78. The van der Waals surface area contributed by atoms with E-state index < -0.39 is 11.9 Å². The number of ether oxygens (including phenoxy) is 1. The van der Waals surface area contributed by atoms with Gasteiger partial charge in [0.2, 0.25) is 0 Å². The number of carbonyl (C=O) groups is 2. The van der Waals surface area contributed by atoms with E-state index in [2.05, 4.69) is 9.97 Å². The van der Waals surface area contributed by atoms with E-state index in [0.29, 0.717) is 0 Å². The third-order valence-electron chi connectivity index (χ3n) is 2.08. The fraction of sp³-hybridized carbons (Fsp3) is 0. The first-order valence-corrected chi connectivity index (χ1v) is 4.99. The molecule has 0 aliphatic carbocycles. The summed E-state index contributed by atoms with van der Waals surface area (Å²) in [6, 6.07) is 5.85. The topological polar surface area (TPSA) is 89.4 Å². The lowest BCUT2D eigenvalue weighted by Crippen LogP contribution is -2.16. The molecule has 6 nitrogen and oxygen atoms in total. The molecule has 90 valence electrons. The molecule has 0 amide bonds. The van der Waals surface area contributed by atoms with E-state index in [4.69, 9.17) is 9.84 Å². The van der Waals surface area contributed by atoms with Gasteiger partial charge in [0.1, 0.15) is 5.75 Å². The molecule has 0 fully saturated rings. The summed E-state index contributed by atoms with van der Waals surface area (Å²) in [4.78, 5) is 30.2. The average molecular weight is 244 g/mol. The quantitative estimate of drug-likeness (QED) is 0.820. The maximum absolute atomic E-state index is 11.8. The highest BCUT2D eigenvalue weighted by Gasteiger charge is 2.19. The second-order valence-electron chi connectivity index (χ2n) is 3.28. The van der Waals surface area contributed by atoms with Crippen LogP contribution in [0.1, 0.15) is 20.8 Å². The number of carboxylic acids is 1. The molecule has 2 rings (SSSR count). The summed E-state index contributed by atoms with van der Waals surface area (Å²) < 4.78 is 4.96. The number of nitrogens with zero attached hydrogens (tertiary/aromatic N) is 2. The molecule has 1 N–H and O–H groups in total. The molecule has 0 aromatic carbocycles. The fourth-order valence-corrected chi connectivity index (χ4v) is 1.30. The summed E-state index contributed by atoms with van der Waals surface area (Å²) in [6.45, 7) is 0. The van der Waals surface area contributed by atoms with Crippen LogP contribution in [0.4, 0.5) is 0 Å². The smallest absolute Gasteiger partial charge is 0.363 e. The fourth-order valence-electron chi connectivity index (χ4n) is 1.30. The molecule has 0 bridgehead atoms. The molecule has 0 aliphatic heterocycles. The van der Waals surface area contributed by atoms with Crippen molar-refractivity contribution in [3.63, 3.8) is 0 Å². The van der Waals surface area contributed by atoms with Crippen LogP contribution in [0.3, 0.4) is 0 Å². The Bertz CT molecular complexity index is 584. The number of carboxylic acid groups (broad SMARTS) is 1. The lowest BCUT2D eigenvalue weighted by Gasteiger charge is -2.04. The third-order valence-corrected chi connectivity index (χ3v) is 2.08. The Morgan fingerprint density at radius 3 is 2.61 bits per heavy atom. The minimum absolute atomic E-state index is 0.202. The van der Waals surface area contributed by atoms with E-state index in [1.54, 1.807) is 6.07 Å². The van der Waals surface area contributed by atoms with Crippen molar-refractivity contribution in [1.82, 2.24) is 9.97 Å². The zero-order valence-corrected chi connectivity index (χ0v) is 9.11. The van der Waals surface area contributed by atoms with Crippen LogP contribution >= 0.6 is 0 Å². The molecular formula is C12H8N2O4. The predicted molar refractivity (Wildman–Crippen MR) is 60.4 cm³/mol. The summed E-state index contributed by atoms with van der Waals surface area (Å²) in [5.74, 6) is -1.84. The molecule has 0 atom stereocenters. The molecule has 0 unspecified atom stereocenters. The van der Waals surface area contributed by atoms with Gasteiger partial charge in [-0.3, -0.25) is 4.98 Å². The van der Waals surface area contributed by atoms with Gasteiger partial charge in [-0.15, -0.1) is 0 Å². The summed E-state index contributed by atoms with van der Waals surface area (Å²) in [5, 5.41) is 8.92. The minimum atomic E-state index is -1.23. The van der Waals surface area contributed by atoms with Crippen LogP contribution in [0.25, 0.3) is 0 Å². The second kappa shape index (κ2) is 5.05. The number of aromatic nitrogens is 2. The Balaban J connectivity index is 2.27. The lowest BCUT2D eigenvalue weighted by atomic mass is 10.2. The first-order chi connectivity index (χ1) is 8.68. The van der Waals surface area contributed by atoms with Crippen molar-refractivity contribution in [2.45, 2.75) is 0 Å². The highest BCUT2D eigenvalue weighted by atomic mass is 16.5. The Kier molecular flexibility index (Phi) is 3.29. The molecule has 18 heavy (non-hydrogen) atoms. The zero-order valence-electron chi connectivity index (χ0n) is 9.11. The second-order valence-corrected chi connectivity index (χ2v) is 3.28. The zero-order chi connectivity index (χ0) is 13.0. The van der Waals surface area contributed by atoms with Crippen LogP contribution in [0.2, 0.25) is 0 Å². The number of hydrogen-bond acceptors (Lipinski definition) is 5.